The summed E-state index contributed by atoms with van der Waals surface area (Å²) in [7, 11) is 0. The van der Waals surface area contributed by atoms with Gasteiger partial charge in [-0.05, 0) is 59.8 Å². The number of thioether (sulfide) groups is 1. The van der Waals surface area contributed by atoms with Gasteiger partial charge in [-0.25, -0.2) is 9.51 Å². The number of carbonyl (C=O) groups is 2. The summed E-state index contributed by atoms with van der Waals surface area (Å²) in [4.78, 5) is 29.3. The molecule has 2 N–H and O–H groups in total. The molecule has 0 atom stereocenters. The molecule has 0 spiro atoms. The number of aromatic nitrogens is 2. The van der Waals surface area contributed by atoms with E-state index in [-0.39, 0.29) is 17.7 Å². The Balaban J connectivity index is 1.56. The SMILES string of the molecule is CC(C)C(=O)Nc1ccc(Cl)c(N=C2NC(=O)C(=Cc3ccn4nccc4c3)S2)c1. The van der Waals surface area contributed by atoms with Crippen LogP contribution in [0.5, 0.6) is 0 Å². The monoisotopic (exact) mass is 439 g/mol. The molecule has 9 heteroatoms. The topological polar surface area (TPSA) is 87.9 Å². The summed E-state index contributed by atoms with van der Waals surface area (Å²) in [5, 5.41) is 10.6. The molecule has 1 aliphatic heterocycles. The van der Waals surface area contributed by atoms with Gasteiger partial charge in [0.2, 0.25) is 5.91 Å². The molecule has 0 saturated carbocycles. The van der Waals surface area contributed by atoms with Crippen LogP contribution in [0.4, 0.5) is 11.4 Å². The van der Waals surface area contributed by atoms with Gasteiger partial charge in [0, 0.05) is 24.0 Å². The van der Waals surface area contributed by atoms with Gasteiger partial charge in [0.1, 0.15) is 0 Å². The molecular formula is C21H18ClN5O2S. The van der Waals surface area contributed by atoms with E-state index in [4.69, 9.17) is 11.6 Å². The first kappa shape index (κ1) is 20.2. The zero-order valence-corrected chi connectivity index (χ0v) is 17.8. The zero-order chi connectivity index (χ0) is 21.3. The molecule has 0 bridgehead atoms. The minimum atomic E-state index is -0.229. The number of nitrogens with one attached hydrogen (secondary N) is 2. The lowest BCUT2D eigenvalue weighted by Gasteiger charge is -2.09. The van der Waals surface area contributed by atoms with Gasteiger partial charge in [-0.2, -0.15) is 5.10 Å². The normalized spacial score (nSPS) is 16.6. The Morgan fingerprint density at radius 1 is 1.30 bits per heavy atom. The predicted octanol–water partition coefficient (Wildman–Crippen LogP) is 4.47. The van der Waals surface area contributed by atoms with Gasteiger partial charge in [0.15, 0.2) is 5.17 Å². The third-order valence-electron chi connectivity index (χ3n) is 4.33. The summed E-state index contributed by atoms with van der Waals surface area (Å²) in [6.45, 7) is 3.63. The Morgan fingerprint density at radius 2 is 2.13 bits per heavy atom. The van der Waals surface area contributed by atoms with E-state index in [0.29, 0.717) is 26.5 Å². The maximum absolute atomic E-state index is 12.4. The Kier molecular flexibility index (Phi) is 5.61. The predicted molar refractivity (Wildman–Crippen MR) is 121 cm³/mol. The maximum Gasteiger partial charge on any atom is 0.264 e. The van der Waals surface area contributed by atoms with E-state index >= 15 is 0 Å². The first-order valence-corrected chi connectivity index (χ1v) is 10.4. The molecule has 0 aliphatic carbocycles. The molecule has 1 aromatic carbocycles. The number of pyridine rings is 1. The van der Waals surface area contributed by atoms with E-state index in [2.05, 4.69) is 20.7 Å². The van der Waals surface area contributed by atoms with Crippen LogP contribution in [0.1, 0.15) is 19.4 Å². The van der Waals surface area contributed by atoms with Crippen LogP contribution in [-0.2, 0) is 9.59 Å². The third-order valence-corrected chi connectivity index (χ3v) is 5.56. The molecule has 1 aliphatic rings. The second kappa shape index (κ2) is 8.33. The van der Waals surface area contributed by atoms with Gasteiger partial charge in [-0.3, -0.25) is 9.59 Å². The van der Waals surface area contributed by atoms with Crippen molar-refractivity contribution in [2.45, 2.75) is 13.8 Å². The van der Waals surface area contributed by atoms with Crippen molar-refractivity contribution in [3.05, 3.63) is 64.3 Å². The van der Waals surface area contributed by atoms with Crippen molar-refractivity contribution in [3.63, 3.8) is 0 Å². The standard InChI is InChI=1S/C21H18ClN5O2S/c1-12(2)19(28)24-14-3-4-16(22)17(11-14)25-21-26-20(29)18(30-21)10-13-6-8-27-15(9-13)5-7-23-27/h3-12H,1-2H3,(H,24,28)(H,25,26,29). The highest BCUT2D eigenvalue weighted by Crippen LogP contribution is 2.33. The van der Waals surface area contributed by atoms with Crippen LogP contribution in [0.25, 0.3) is 11.6 Å². The number of nitrogens with zero attached hydrogens (tertiary/aromatic N) is 3. The first-order valence-electron chi connectivity index (χ1n) is 9.22. The Hall–Kier alpha value is -3.10. The number of hydrogen-bond donors (Lipinski definition) is 2. The van der Waals surface area contributed by atoms with Crippen LogP contribution in [0.2, 0.25) is 5.02 Å². The van der Waals surface area contributed by atoms with Crippen LogP contribution in [0.3, 0.4) is 0 Å². The van der Waals surface area contributed by atoms with E-state index < -0.39 is 0 Å². The molecule has 0 unspecified atom stereocenters. The number of carbonyl (C=O) groups excluding carboxylic acids is 2. The largest absolute Gasteiger partial charge is 0.326 e. The summed E-state index contributed by atoms with van der Waals surface area (Å²) in [6, 6.07) is 10.8. The fourth-order valence-electron chi connectivity index (χ4n) is 2.73. The van der Waals surface area contributed by atoms with E-state index in [1.807, 2.05) is 38.2 Å². The molecule has 30 heavy (non-hydrogen) atoms. The minimum Gasteiger partial charge on any atom is -0.326 e. The Morgan fingerprint density at radius 3 is 2.93 bits per heavy atom. The second-order valence-corrected chi connectivity index (χ2v) is 8.39. The van der Waals surface area contributed by atoms with Gasteiger partial charge in [-0.1, -0.05) is 25.4 Å². The number of rotatable bonds is 4. The first-order chi connectivity index (χ1) is 14.4. The molecule has 3 aromatic rings. The van der Waals surface area contributed by atoms with Gasteiger partial charge in [0.25, 0.3) is 5.91 Å². The van der Waals surface area contributed by atoms with Crippen molar-refractivity contribution in [1.82, 2.24) is 14.9 Å². The highest BCUT2D eigenvalue weighted by molar-refractivity contribution is 8.18. The maximum atomic E-state index is 12.4. The molecule has 3 heterocycles. The number of amides is 2. The van der Waals surface area contributed by atoms with Crippen LogP contribution in [-0.4, -0.2) is 26.6 Å². The fourth-order valence-corrected chi connectivity index (χ4v) is 3.73. The minimum absolute atomic E-state index is 0.0974. The summed E-state index contributed by atoms with van der Waals surface area (Å²) < 4.78 is 1.75. The molecule has 7 nitrogen and oxygen atoms in total. The smallest absolute Gasteiger partial charge is 0.264 e. The zero-order valence-electron chi connectivity index (χ0n) is 16.2. The Bertz CT molecular complexity index is 1220. The van der Waals surface area contributed by atoms with E-state index in [0.717, 1.165) is 11.1 Å². The number of fused-ring (bicyclic) bond motifs is 1. The van der Waals surface area contributed by atoms with E-state index in [1.165, 1.54) is 11.8 Å². The average Bonchev–Trinajstić information content (AvgIpc) is 3.30. The number of aliphatic imine (C=N–C) groups is 1. The summed E-state index contributed by atoms with van der Waals surface area (Å²) in [5.41, 5.74) is 2.88. The number of anilines is 1. The lowest BCUT2D eigenvalue weighted by molar-refractivity contribution is -0.119. The van der Waals surface area contributed by atoms with E-state index in [9.17, 15) is 9.59 Å². The number of amidine groups is 1. The van der Waals surface area contributed by atoms with Crippen LogP contribution in [0.15, 0.2) is 58.7 Å². The van der Waals surface area contributed by atoms with Crippen molar-refractivity contribution < 1.29 is 9.59 Å². The van der Waals surface area contributed by atoms with E-state index in [1.54, 1.807) is 35.0 Å². The molecule has 0 radical (unpaired) electrons. The Labute approximate surface area is 182 Å². The average molecular weight is 440 g/mol. The summed E-state index contributed by atoms with van der Waals surface area (Å²) in [6.07, 6.45) is 5.36. The quantitative estimate of drug-likeness (QED) is 0.587. The summed E-state index contributed by atoms with van der Waals surface area (Å²) in [5.74, 6) is -0.470. The number of hydrogen-bond acceptors (Lipinski definition) is 5. The van der Waals surface area contributed by atoms with Gasteiger partial charge in [0.05, 0.1) is 21.1 Å². The number of benzene rings is 1. The molecule has 1 fully saturated rings. The third kappa shape index (κ3) is 4.39. The fraction of sp³-hybridized carbons (Fsp3) is 0.143. The molecule has 152 valence electrons. The molecular weight excluding hydrogens is 422 g/mol. The lowest BCUT2D eigenvalue weighted by Crippen LogP contribution is -2.19. The molecule has 2 amide bonds. The summed E-state index contributed by atoms with van der Waals surface area (Å²) >= 11 is 7.49. The van der Waals surface area contributed by atoms with Crippen molar-refractivity contribution in [2.24, 2.45) is 10.9 Å². The highest BCUT2D eigenvalue weighted by atomic mass is 35.5. The molecule has 2 aromatic heterocycles. The molecule has 4 rings (SSSR count). The van der Waals surface area contributed by atoms with Crippen molar-refractivity contribution >= 4 is 63.3 Å². The van der Waals surface area contributed by atoms with Gasteiger partial charge >= 0.3 is 0 Å². The van der Waals surface area contributed by atoms with Crippen LogP contribution >= 0.6 is 23.4 Å². The number of halogens is 1. The van der Waals surface area contributed by atoms with Crippen molar-refractivity contribution in [1.29, 1.82) is 0 Å². The van der Waals surface area contributed by atoms with Crippen LogP contribution < -0.4 is 10.6 Å². The van der Waals surface area contributed by atoms with Crippen molar-refractivity contribution in [3.8, 4) is 0 Å². The van der Waals surface area contributed by atoms with Gasteiger partial charge < -0.3 is 10.6 Å². The van der Waals surface area contributed by atoms with Gasteiger partial charge in [-0.15, -0.1) is 0 Å². The lowest BCUT2D eigenvalue weighted by atomic mass is 10.2. The molecule has 1 saturated heterocycles. The van der Waals surface area contributed by atoms with Crippen LogP contribution in [0, 0.1) is 5.92 Å². The second-order valence-electron chi connectivity index (χ2n) is 6.95. The van der Waals surface area contributed by atoms with Crippen molar-refractivity contribution in [2.75, 3.05) is 5.32 Å². The highest BCUT2D eigenvalue weighted by Gasteiger charge is 2.24.